The maximum atomic E-state index is 11.6. The van der Waals surface area contributed by atoms with Gasteiger partial charge in [-0.05, 0) is 6.42 Å². The molecule has 0 aromatic carbocycles. The van der Waals surface area contributed by atoms with Crippen molar-refractivity contribution < 1.29 is 14.3 Å². The fraction of sp³-hybridized carbons (Fsp3) is 0.750. The number of amides is 2. The quantitative estimate of drug-likeness (QED) is 0.216. The third kappa shape index (κ3) is 6.51. The van der Waals surface area contributed by atoms with Gasteiger partial charge in [0.05, 0.1) is 6.61 Å². The van der Waals surface area contributed by atoms with Gasteiger partial charge in [-0.2, -0.15) is 0 Å². The monoisotopic (exact) mass is 398 g/mol. The van der Waals surface area contributed by atoms with E-state index >= 15 is 0 Å². The second-order valence-electron chi connectivity index (χ2n) is 4.21. The summed E-state index contributed by atoms with van der Waals surface area (Å²) in [5, 5.41) is 6.11. The number of nitrogens with one attached hydrogen (secondary N) is 2. The van der Waals surface area contributed by atoms with Crippen molar-refractivity contribution in [2.75, 3.05) is 40.4 Å². The number of hydrogen-bond donors (Lipinski definition) is 2. The molecule has 1 fully saturated rings. The van der Waals surface area contributed by atoms with Crippen LogP contribution in [0.15, 0.2) is 4.99 Å². The average molecular weight is 398 g/mol. The molecule has 0 bridgehead atoms. The zero-order valence-corrected chi connectivity index (χ0v) is 14.3. The first kappa shape index (κ1) is 19.1. The van der Waals surface area contributed by atoms with Crippen molar-refractivity contribution >= 4 is 41.8 Å². The van der Waals surface area contributed by atoms with E-state index in [0.717, 1.165) is 0 Å². The van der Waals surface area contributed by atoms with E-state index in [4.69, 9.17) is 4.74 Å². The maximum Gasteiger partial charge on any atom is 0.229 e. The summed E-state index contributed by atoms with van der Waals surface area (Å²) in [5.74, 6) is 0.467. The minimum Gasteiger partial charge on any atom is -0.383 e. The summed E-state index contributed by atoms with van der Waals surface area (Å²) in [6.07, 6.45) is 1.60. The summed E-state index contributed by atoms with van der Waals surface area (Å²) in [7, 11) is 3.30. The lowest BCUT2D eigenvalue weighted by Crippen LogP contribution is -2.46. The number of carbonyl (C=O) groups is 2. The zero-order valence-electron chi connectivity index (χ0n) is 12.0. The summed E-state index contributed by atoms with van der Waals surface area (Å²) < 4.78 is 4.92. The van der Waals surface area contributed by atoms with Gasteiger partial charge in [-0.15, -0.1) is 24.0 Å². The molecule has 0 unspecified atom stereocenters. The highest BCUT2D eigenvalue weighted by atomic mass is 127. The molecule has 1 aliphatic rings. The van der Waals surface area contributed by atoms with E-state index in [1.807, 2.05) is 0 Å². The molecule has 1 saturated heterocycles. The summed E-state index contributed by atoms with van der Waals surface area (Å²) in [6.45, 7) is 2.11. The number of guanidine groups is 1. The predicted octanol–water partition coefficient (Wildman–Crippen LogP) is -0.0451. The molecule has 2 N–H and O–H groups in total. The Morgan fingerprint density at radius 1 is 1.25 bits per heavy atom. The van der Waals surface area contributed by atoms with Crippen LogP contribution in [0, 0.1) is 0 Å². The number of imide groups is 1. The molecule has 1 rings (SSSR count). The number of nitrogens with zero attached hydrogens (tertiary/aromatic N) is 2. The molecule has 0 aromatic heterocycles. The average Bonchev–Trinajstić information content (AvgIpc) is 2.40. The lowest BCUT2D eigenvalue weighted by molar-refractivity contribution is -0.147. The largest absolute Gasteiger partial charge is 0.383 e. The Labute approximate surface area is 136 Å². The minimum atomic E-state index is -0.0830. The standard InChI is InChI=1S/C12H22N4O3.HI/c1-13-12(15-7-9-19-2)14-6-8-16-10(17)4-3-5-11(16)18;/h3-9H2,1-2H3,(H2,13,14,15);1H. The maximum absolute atomic E-state index is 11.6. The van der Waals surface area contributed by atoms with Gasteiger partial charge in [0, 0.05) is 46.6 Å². The Bertz CT molecular complexity index is 334. The summed E-state index contributed by atoms with van der Waals surface area (Å²) in [6, 6.07) is 0. The smallest absolute Gasteiger partial charge is 0.229 e. The molecular weight excluding hydrogens is 375 g/mol. The molecule has 0 aromatic rings. The number of methoxy groups -OCH3 is 1. The molecule has 116 valence electrons. The summed E-state index contributed by atoms with van der Waals surface area (Å²) in [4.78, 5) is 28.5. The Morgan fingerprint density at radius 3 is 2.40 bits per heavy atom. The molecule has 0 radical (unpaired) electrons. The van der Waals surface area contributed by atoms with Gasteiger partial charge in [-0.25, -0.2) is 0 Å². The van der Waals surface area contributed by atoms with Crippen molar-refractivity contribution in [2.24, 2.45) is 4.99 Å². The van der Waals surface area contributed by atoms with Crippen LogP contribution in [0.1, 0.15) is 19.3 Å². The highest BCUT2D eigenvalue weighted by Gasteiger charge is 2.25. The molecule has 0 atom stereocenters. The van der Waals surface area contributed by atoms with Crippen LogP contribution in [0.2, 0.25) is 0 Å². The van der Waals surface area contributed by atoms with Gasteiger partial charge in [-0.1, -0.05) is 0 Å². The number of aliphatic imine (C=N–C) groups is 1. The zero-order chi connectivity index (χ0) is 14.1. The van der Waals surface area contributed by atoms with Crippen LogP contribution < -0.4 is 10.6 Å². The molecule has 1 heterocycles. The van der Waals surface area contributed by atoms with E-state index in [-0.39, 0.29) is 35.8 Å². The molecular formula is C12H23IN4O3. The van der Waals surface area contributed by atoms with Crippen LogP contribution in [0.5, 0.6) is 0 Å². The van der Waals surface area contributed by atoms with Gasteiger partial charge in [0.25, 0.3) is 0 Å². The number of likely N-dealkylation sites (tertiary alicyclic amines) is 1. The fourth-order valence-corrected chi connectivity index (χ4v) is 1.83. The van der Waals surface area contributed by atoms with E-state index in [0.29, 0.717) is 51.5 Å². The minimum absolute atomic E-state index is 0. The molecule has 20 heavy (non-hydrogen) atoms. The number of carbonyl (C=O) groups excluding carboxylic acids is 2. The Balaban J connectivity index is 0.00000361. The van der Waals surface area contributed by atoms with Crippen molar-refractivity contribution in [3.63, 3.8) is 0 Å². The highest BCUT2D eigenvalue weighted by Crippen LogP contribution is 2.11. The van der Waals surface area contributed by atoms with Gasteiger partial charge >= 0.3 is 0 Å². The predicted molar refractivity (Wildman–Crippen MR) is 87.2 cm³/mol. The third-order valence-corrected chi connectivity index (χ3v) is 2.83. The SMILES string of the molecule is CN=C(NCCOC)NCCN1C(=O)CCCC1=O.I. The van der Waals surface area contributed by atoms with E-state index < -0.39 is 0 Å². The first-order chi connectivity index (χ1) is 9.19. The van der Waals surface area contributed by atoms with Gasteiger partial charge in [-0.3, -0.25) is 19.5 Å². The van der Waals surface area contributed by atoms with E-state index in [1.54, 1.807) is 14.2 Å². The number of hydrogen-bond acceptors (Lipinski definition) is 4. The fourth-order valence-electron chi connectivity index (χ4n) is 1.83. The number of rotatable bonds is 6. The Kier molecular flexibility index (Phi) is 10.3. The van der Waals surface area contributed by atoms with Crippen LogP contribution in [-0.4, -0.2) is 63.1 Å². The number of halogens is 1. The lowest BCUT2D eigenvalue weighted by Gasteiger charge is -2.25. The van der Waals surface area contributed by atoms with E-state index in [2.05, 4.69) is 15.6 Å². The van der Waals surface area contributed by atoms with Crippen LogP contribution in [0.4, 0.5) is 0 Å². The normalized spacial score (nSPS) is 15.9. The summed E-state index contributed by atoms with van der Waals surface area (Å²) in [5.41, 5.74) is 0. The van der Waals surface area contributed by atoms with Crippen molar-refractivity contribution in [1.29, 1.82) is 0 Å². The van der Waals surface area contributed by atoms with Crippen LogP contribution in [0.25, 0.3) is 0 Å². The first-order valence-corrected chi connectivity index (χ1v) is 6.45. The van der Waals surface area contributed by atoms with Crippen molar-refractivity contribution in [3.8, 4) is 0 Å². The molecule has 1 aliphatic heterocycles. The molecule has 0 aliphatic carbocycles. The van der Waals surface area contributed by atoms with Gasteiger partial charge in [0.15, 0.2) is 5.96 Å². The molecule has 0 spiro atoms. The number of piperidine rings is 1. The second kappa shape index (κ2) is 10.8. The van der Waals surface area contributed by atoms with Crippen molar-refractivity contribution in [2.45, 2.75) is 19.3 Å². The third-order valence-electron chi connectivity index (χ3n) is 2.83. The topological polar surface area (TPSA) is 83.0 Å². The van der Waals surface area contributed by atoms with Gasteiger partial charge in [0.1, 0.15) is 0 Å². The van der Waals surface area contributed by atoms with Crippen LogP contribution >= 0.6 is 24.0 Å². The van der Waals surface area contributed by atoms with Gasteiger partial charge in [0.2, 0.25) is 11.8 Å². The van der Waals surface area contributed by atoms with Crippen molar-refractivity contribution in [1.82, 2.24) is 15.5 Å². The summed E-state index contributed by atoms with van der Waals surface area (Å²) >= 11 is 0. The molecule has 7 nitrogen and oxygen atoms in total. The number of ether oxygens (including phenoxy) is 1. The lowest BCUT2D eigenvalue weighted by atomic mass is 10.1. The Morgan fingerprint density at radius 2 is 1.85 bits per heavy atom. The molecule has 8 heteroatoms. The second-order valence-corrected chi connectivity index (χ2v) is 4.21. The molecule has 0 saturated carbocycles. The van der Waals surface area contributed by atoms with E-state index in [1.165, 1.54) is 4.90 Å². The van der Waals surface area contributed by atoms with Gasteiger partial charge < -0.3 is 15.4 Å². The molecule has 2 amide bonds. The first-order valence-electron chi connectivity index (χ1n) is 6.45. The van der Waals surface area contributed by atoms with Crippen LogP contribution in [0.3, 0.4) is 0 Å². The van der Waals surface area contributed by atoms with Crippen LogP contribution in [-0.2, 0) is 14.3 Å². The highest BCUT2D eigenvalue weighted by molar-refractivity contribution is 14.0. The Hall–Kier alpha value is -0.900. The van der Waals surface area contributed by atoms with Crippen molar-refractivity contribution in [3.05, 3.63) is 0 Å². The van der Waals surface area contributed by atoms with E-state index in [9.17, 15) is 9.59 Å².